The van der Waals surface area contributed by atoms with E-state index in [1.54, 1.807) is 0 Å². The van der Waals surface area contributed by atoms with E-state index >= 15 is 0 Å². The molecule has 0 saturated carbocycles. The first kappa shape index (κ1) is 56.1. The Labute approximate surface area is 360 Å². The van der Waals surface area contributed by atoms with E-state index in [4.69, 9.17) is 14.2 Å². The molecule has 0 radical (unpaired) electrons. The fourth-order valence-corrected chi connectivity index (χ4v) is 7.60. The first-order valence-corrected chi connectivity index (χ1v) is 25.7. The molecule has 6 heteroatoms. The number of rotatable bonds is 47. The fraction of sp³-hybridized carbons (Fsp3) is 0.904. The predicted octanol–water partition coefficient (Wildman–Crippen LogP) is 16.6. The van der Waals surface area contributed by atoms with Gasteiger partial charge in [-0.15, -0.1) is 0 Å². The second kappa shape index (κ2) is 47.8. The highest BCUT2D eigenvalue weighted by molar-refractivity contribution is 5.71. The Balaban J connectivity index is 4.30. The standard InChI is InChI=1S/C52H98O6/c1-4-7-10-13-16-19-22-24-25-26-28-30-33-36-39-42-45-51(54)57-48-49(47-56-50(53)44-41-38-35-32-29-21-18-15-12-9-6-3)58-52(55)46-43-40-37-34-31-27-23-20-17-14-11-8-5-2/h15,18,49H,4-14,16-17,19-48H2,1-3H3/b18-15-. The number of ether oxygens (including phenoxy) is 3. The quantitative estimate of drug-likeness (QED) is 0.0263. The van der Waals surface area contributed by atoms with Gasteiger partial charge >= 0.3 is 17.9 Å². The summed E-state index contributed by atoms with van der Waals surface area (Å²) in [4.78, 5) is 37.9. The van der Waals surface area contributed by atoms with Crippen molar-refractivity contribution in [2.75, 3.05) is 13.2 Å². The summed E-state index contributed by atoms with van der Waals surface area (Å²) in [6.07, 6.45) is 51.9. The van der Waals surface area contributed by atoms with Gasteiger partial charge in [0.1, 0.15) is 13.2 Å². The number of carbonyl (C=O) groups excluding carboxylic acids is 3. The van der Waals surface area contributed by atoms with E-state index in [-0.39, 0.29) is 31.1 Å². The second-order valence-corrected chi connectivity index (χ2v) is 17.4. The third kappa shape index (κ3) is 45.2. The zero-order chi connectivity index (χ0) is 42.3. The molecular weight excluding hydrogens is 721 g/mol. The minimum atomic E-state index is -0.765. The third-order valence-corrected chi connectivity index (χ3v) is 11.5. The summed E-state index contributed by atoms with van der Waals surface area (Å²) in [5.41, 5.74) is 0. The Morgan fingerprint density at radius 1 is 0.328 bits per heavy atom. The van der Waals surface area contributed by atoms with Gasteiger partial charge in [-0.05, 0) is 38.5 Å². The molecule has 0 aliphatic heterocycles. The Morgan fingerprint density at radius 2 is 0.586 bits per heavy atom. The number of unbranched alkanes of at least 4 members (excludes halogenated alkanes) is 34. The molecular formula is C52H98O6. The lowest BCUT2D eigenvalue weighted by molar-refractivity contribution is -0.167. The third-order valence-electron chi connectivity index (χ3n) is 11.5. The largest absolute Gasteiger partial charge is 0.462 e. The van der Waals surface area contributed by atoms with Crippen LogP contribution in [0, 0.1) is 0 Å². The molecule has 0 aromatic carbocycles. The van der Waals surface area contributed by atoms with Gasteiger partial charge in [-0.1, -0.05) is 238 Å². The van der Waals surface area contributed by atoms with Gasteiger partial charge in [-0.2, -0.15) is 0 Å². The molecule has 0 saturated heterocycles. The van der Waals surface area contributed by atoms with E-state index in [1.165, 1.54) is 180 Å². The maximum Gasteiger partial charge on any atom is 0.306 e. The van der Waals surface area contributed by atoms with E-state index in [2.05, 4.69) is 32.9 Å². The van der Waals surface area contributed by atoms with Gasteiger partial charge < -0.3 is 14.2 Å². The molecule has 0 bridgehead atoms. The van der Waals surface area contributed by atoms with Crippen LogP contribution >= 0.6 is 0 Å². The van der Waals surface area contributed by atoms with Gasteiger partial charge in [-0.3, -0.25) is 14.4 Å². The lowest BCUT2D eigenvalue weighted by Gasteiger charge is -2.18. The van der Waals surface area contributed by atoms with Crippen molar-refractivity contribution in [1.82, 2.24) is 0 Å². The average molecular weight is 819 g/mol. The lowest BCUT2D eigenvalue weighted by Crippen LogP contribution is -2.30. The highest BCUT2D eigenvalue weighted by Gasteiger charge is 2.19. The van der Waals surface area contributed by atoms with Crippen LogP contribution in [-0.2, 0) is 28.6 Å². The van der Waals surface area contributed by atoms with Crippen LogP contribution in [0.2, 0.25) is 0 Å². The molecule has 0 heterocycles. The average Bonchev–Trinajstić information content (AvgIpc) is 3.22. The minimum Gasteiger partial charge on any atom is -0.462 e. The molecule has 0 aromatic heterocycles. The highest BCUT2D eigenvalue weighted by atomic mass is 16.6. The molecule has 58 heavy (non-hydrogen) atoms. The predicted molar refractivity (Wildman–Crippen MR) is 247 cm³/mol. The molecule has 342 valence electrons. The zero-order valence-electron chi connectivity index (χ0n) is 39.1. The Hall–Kier alpha value is -1.85. The zero-order valence-corrected chi connectivity index (χ0v) is 39.1. The van der Waals surface area contributed by atoms with Crippen molar-refractivity contribution in [3.8, 4) is 0 Å². The molecule has 0 aliphatic rings. The van der Waals surface area contributed by atoms with Crippen molar-refractivity contribution in [1.29, 1.82) is 0 Å². The van der Waals surface area contributed by atoms with Crippen molar-refractivity contribution >= 4 is 17.9 Å². The molecule has 0 aliphatic carbocycles. The molecule has 0 spiro atoms. The van der Waals surface area contributed by atoms with Crippen LogP contribution in [0.15, 0.2) is 12.2 Å². The van der Waals surface area contributed by atoms with Crippen molar-refractivity contribution in [2.45, 2.75) is 290 Å². The van der Waals surface area contributed by atoms with E-state index < -0.39 is 6.10 Å². The summed E-state index contributed by atoms with van der Waals surface area (Å²) in [6, 6.07) is 0. The van der Waals surface area contributed by atoms with Gasteiger partial charge in [0.2, 0.25) is 0 Å². The van der Waals surface area contributed by atoms with Crippen LogP contribution in [0.1, 0.15) is 284 Å². The number of allylic oxidation sites excluding steroid dienone is 2. The highest BCUT2D eigenvalue weighted by Crippen LogP contribution is 2.16. The number of carbonyl (C=O) groups is 3. The van der Waals surface area contributed by atoms with Crippen LogP contribution in [0.3, 0.4) is 0 Å². The van der Waals surface area contributed by atoms with Gasteiger partial charge in [0.05, 0.1) is 0 Å². The molecule has 1 unspecified atom stereocenters. The Morgan fingerprint density at radius 3 is 0.914 bits per heavy atom. The molecule has 0 aromatic rings. The normalized spacial score (nSPS) is 12.0. The van der Waals surface area contributed by atoms with Gasteiger partial charge in [-0.25, -0.2) is 0 Å². The van der Waals surface area contributed by atoms with E-state index in [0.717, 1.165) is 64.2 Å². The number of hydrogen-bond acceptors (Lipinski definition) is 6. The van der Waals surface area contributed by atoms with Crippen molar-refractivity contribution in [2.24, 2.45) is 0 Å². The number of hydrogen-bond donors (Lipinski definition) is 0. The fourth-order valence-electron chi connectivity index (χ4n) is 7.60. The maximum absolute atomic E-state index is 12.8. The van der Waals surface area contributed by atoms with Crippen LogP contribution in [-0.4, -0.2) is 37.2 Å². The van der Waals surface area contributed by atoms with Gasteiger partial charge in [0.25, 0.3) is 0 Å². The molecule has 0 fully saturated rings. The van der Waals surface area contributed by atoms with Gasteiger partial charge in [0, 0.05) is 19.3 Å². The summed E-state index contributed by atoms with van der Waals surface area (Å²) < 4.78 is 16.8. The second-order valence-electron chi connectivity index (χ2n) is 17.4. The van der Waals surface area contributed by atoms with E-state index in [0.29, 0.717) is 19.3 Å². The topological polar surface area (TPSA) is 78.9 Å². The summed E-state index contributed by atoms with van der Waals surface area (Å²) >= 11 is 0. The van der Waals surface area contributed by atoms with Crippen LogP contribution in [0.4, 0.5) is 0 Å². The Kier molecular flexibility index (Phi) is 46.3. The van der Waals surface area contributed by atoms with E-state index in [9.17, 15) is 14.4 Å². The molecule has 0 amide bonds. The van der Waals surface area contributed by atoms with Crippen molar-refractivity contribution < 1.29 is 28.6 Å². The SMILES string of the molecule is CCCC/C=C\CCCCCCCC(=O)OCC(COC(=O)CCCCCCCCCCCCCCCCCC)OC(=O)CCCCCCCCCCCCCCC. The lowest BCUT2D eigenvalue weighted by atomic mass is 10.0. The monoisotopic (exact) mass is 819 g/mol. The summed E-state index contributed by atoms with van der Waals surface area (Å²) in [6.45, 7) is 6.63. The van der Waals surface area contributed by atoms with Gasteiger partial charge in [0.15, 0.2) is 6.10 Å². The van der Waals surface area contributed by atoms with Crippen LogP contribution in [0.25, 0.3) is 0 Å². The summed E-state index contributed by atoms with van der Waals surface area (Å²) in [5, 5.41) is 0. The number of esters is 3. The maximum atomic E-state index is 12.8. The van der Waals surface area contributed by atoms with Crippen molar-refractivity contribution in [3.05, 3.63) is 12.2 Å². The molecule has 6 nitrogen and oxygen atoms in total. The summed E-state index contributed by atoms with van der Waals surface area (Å²) in [5.74, 6) is -0.861. The first-order valence-electron chi connectivity index (χ1n) is 25.7. The smallest absolute Gasteiger partial charge is 0.306 e. The first-order chi connectivity index (χ1) is 28.5. The van der Waals surface area contributed by atoms with Crippen LogP contribution < -0.4 is 0 Å². The summed E-state index contributed by atoms with van der Waals surface area (Å²) in [7, 11) is 0. The Bertz CT molecular complexity index is 900. The minimum absolute atomic E-state index is 0.0673. The molecule has 0 rings (SSSR count). The van der Waals surface area contributed by atoms with E-state index in [1.807, 2.05) is 0 Å². The van der Waals surface area contributed by atoms with Crippen molar-refractivity contribution in [3.63, 3.8) is 0 Å². The van der Waals surface area contributed by atoms with Crippen LogP contribution in [0.5, 0.6) is 0 Å². The molecule has 0 N–H and O–H groups in total. The molecule has 1 atom stereocenters.